The highest BCUT2D eigenvalue weighted by atomic mass is 32.2. The van der Waals surface area contributed by atoms with Crippen LogP contribution in [0.4, 0.5) is 5.13 Å². The van der Waals surface area contributed by atoms with E-state index in [2.05, 4.69) is 21.9 Å². The number of aromatic nitrogens is 2. The Labute approximate surface area is 172 Å². The van der Waals surface area contributed by atoms with Crippen molar-refractivity contribution in [2.75, 3.05) is 17.6 Å². The predicted octanol–water partition coefficient (Wildman–Crippen LogP) is 4.12. The van der Waals surface area contributed by atoms with Gasteiger partial charge in [-0.2, -0.15) is 0 Å². The summed E-state index contributed by atoms with van der Waals surface area (Å²) in [5.41, 5.74) is 2.87. The van der Waals surface area contributed by atoms with Gasteiger partial charge in [-0.1, -0.05) is 13.0 Å². The molecule has 0 bridgehead atoms. The van der Waals surface area contributed by atoms with Crippen molar-refractivity contribution in [3.8, 4) is 11.4 Å². The van der Waals surface area contributed by atoms with Gasteiger partial charge in [0.15, 0.2) is 5.13 Å². The van der Waals surface area contributed by atoms with Crippen LogP contribution in [0.15, 0.2) is 18.2 Å². The fourth-order valence-corrected chi connectivity index (χ4v) is 5.71. The number of hydrogen-bond donors (Lipinski definition) is 2. The third-order valence-electron chi connectivity index (χ3n) is 5.17. The molecule has 0 aliphatic heterocycles. The summed E-state index contributed by atoms with van der Waals surface area (Å²) in [6.45, 7) is 6.53. The van der Waals surface area contributed by atoms with Gasteiger partial charge in [-0.25, -0.2) is 18.1 Å². The molecule has 154 valence electrons. The molecule has 0 spiro atoms. The van der Waals surface area contributed by atoms with E-state index in [-0.39, 0.29) is 5.75 Å². The smallest absolute Gasteiger partial charge is 0.211 e. The summed E-state index contributed by atoms with van der Waals surface area (Å²) in [7, 11) is -3.10. The van der Waals surface area contributed by atoms with E-state index in [0.29, 0.717) is 24.9 Å². The highest BCUT2D eigenvalue weighted by Crippen LogP contribution is 2.32. The summed E-state index contributed by atoms with van der Waals surface area (Å²) in [6, 6.07) is 6.40. The van der Waals surface area contributed by atoms with Crippen molar-refractivity contribution in [3.63, 3.8) is 0 Å². The molecule has 1 fully saturated rings. The Kier molecular flexibility index (Phi) is 7.06. The summed E-state index contributed by atoms with van der Waals surface area (Å²) < 4.78 is 26.4. The first kappa shape index (κ1) is 21.2. The van der Waals surface area contributed by atoms with Crippen LogP contribution in [-0.2, 0) is 10.0 Å². The summed E-state index contributed by atoms with van der Waals surface area (Å²) in [5.74, 6) is 0.639. The fourth-order valence-electron chi connectivity index (χ4n) is 3.64. The average Bonchev–Trinajstić information content (AvgIpc) is 3.01. The number of nitrogens with one attached hydrogen (secondary N) is 2. The van der Waals surface area contributed by atoms with Crippen LogP contribution in [0, 0.1) is 19.8 Å². The standard InChI is InChI=1S/C20H30N4O2S2/c1-4-12-28(25,26)21-13-16-8-10-17(11-9-16)23-20-24-19(15(3)27-20)18-7-5-6-14(2)22-18/h5-7,16-17,21H,4,8-13H2,1-3H3,(H,23,24). The lowest BCUT2D eigenvalue weighted by Gasteiger charge is -2.29. The van der Waals surface area contributed by atoms with Gasteiger partial charge in [-0.3, -0.25) is 4.98 Å². The number of thiazole rings is 1. The Morgan fingerprint density at radius 2 is 1.89 bits per heavy atom. The van der Waals surface area contributed by atoms with Crippen molar-refractivity contribution >= 4 is 26.5 Å². The van der Waals surface area contributed by atoms with Crippen molar-refractivity contribution < 1.29 is 8.42 Å². The maximum absolute atomic E-state index is 11.8. The van der Waals surface area contributed by atoms with Gasteiger partial charge in [0.2, 0.25) is 10.0 Å². The van der Waals surface area contributed by atoms with Crippen LogP contribution in [0.3, 0.4) is 0 Å². The van der Waals surface area contributed by atoms with Crippen molar-refractivity contribution in [2.45, 2.75) is 58.9 Å². The summed E-state index contributed by atoms with van der Waals surface area (Å²) in [4.78, 5) is 10.5. The second kappa shape index (κ2) is 9.33. The van der Waals surface area contributed by atoms with E-state index in [4.69, 9.17) is 4.98 Å². The molecular weight excluding hydrogens is 392 g/mol. The summed E-state index contributed by atoms with van der Waals surface area (Å²) in [5, 5.41) is 4.53. The first-order valence-electron chi connectivity index (χ1n) is 10.0. The van der Waals surface area contributed by atoms with Crippen molar-refractivity contribution in [2.24, 2.45) is 5.92 Å². The number of anilines is 1. The van der Waals surface area contributed by atoms with E-state index < -0.39 is 10.0 Å². The molecule has 3 rings (SSSR count). The third kappa shape index (κ3) is 5.75. The quantitative estimate of drug-likeness (QED) is 0.668. The predicted molar refractivity (Wildman–Crippen MR) is 116 cm³/mol. The van der Waals surface area contributed by atoms with E-state index in [0.717, 1.165) is 47.9 Å². The number of nitrogens with zero attached hydrogens (tertiary/aromatic N) is 2. The lowest BCUT2D eigenvalue weighted by Crippen LogP contribution is -2.34. The van der Waals surface area contributed by atoms with Crippen LogP contribution in [0.2, 0.25) is 0 Å². The van der Waals surface area contributed by atoms with E-state index in [1.807, 2.05) is 32.0 Å². The fraction of sp³-hybridized carbons (Fsp3) is 0.600. The van der Waals surface area contributed by atoms with Crippen LogP contribution >= 0.6 is 11.3 Å². The molecule has 1 saturated carbocycles. The lowest BCUT2D eigenvalue weighted by atomic mass is 9.86. The lowest BCUT2D eigenvalue weighted by molar-refractivity contribution is 0.337. The van der Waals surface area contributed by atoms with Gasteiger partial charge in [-0.15, -0.1) is 11.3 Å². The second-order valence-electron chi connectivity index (χ2n) is 7.62. The van der Waals surface area contributed by atoms with E-state index in [1.54, 1.807) is 11.3 Å². The highest BCUT2D eigenvalue weighted by molar-refractivity contribution is 7.89. The highest BCUT2D eigenvalue weighted by Gasteiger charge is 2.23. The van der Waals surface area contributed by atoms with E-state index >= 15 is 0 Å². The molecule has 0 saturated heterocycles. The Morgan fingerprint density at radius 3 is 2.57 bits per heavy atom. The van der Waals surface area contributed by atoms with E-state index in [1.165, 1.54) is 4.88 Å². The number of rotatable bonds is 8. The molecule has 2 heterocycles. The minimum absolute atomic E-state index is 0.214. The number of pyridine rings is 1. The van der Waals surface area contributed by atoms with E-state index in [9.17, 15) is 8.42 Å². The minimum Gasteiger partial charge on any atom is -0.359 e. The second-order valence-corrected chi connectivity index (χ2v) is 10.7. The first-order valence-corrected chi connectivity index (χ1v) is 12.5. The Hall–Kier alpha value is -1.51. The van der Waals surface area contributed by atoms with Gasteiger partial charge < -0.3 is 5.32 Å². The number of hydrogen-bond acceptors (Lipinski definition) is 6. The topological polar surface area (TPSA) is 84.0 Å². The molecule has 2 aromatic rings. The molecule has 1 aliphatic carbocycles. The van der Waals surface area contributed by atoms with Crippen molar-refractivity contribution in [3.05, 3.63) is 28.8 Å². The van der Waals surface area contributed by atoms with Crippen molar-refractivity contribution in [1.82, 2.24) is 14.7 Å². The summed E-state index contributed by atoms with van der Waals surface area (Å²) >= 11 is 1.67. The van der Waals surface area contributed by atoms with Crippen molar-refractivity contribution in [1.29, 1.82) is 0 Å². The van der Waals surface area contributed by atoms with Gasteiger partial charge >= 0.3 is 0 Å². The Bertz CT molecular complexity index is 887. The maximum Gasteiger partial charge on any atom is 0.211 e. The molecule has 0 aromatic carbocycles. The summed E-state index contributed by atoms with van der Waals surface area (Å²) in [6.07, 6.45) is 4.79. The SMILES string of the molecule is CCCS(=O)(=O)NCC1CCC(Nc2nc(-c3cccc(C)n3)c(C)s2)CC1. The van der Waals surface area contributed by atoms with Gasteiger partial charge in [0.05, 0.1) is 11.4 Å². The molecule has 1 aliphatic rings. The molecule has 8 heteroatoms. The third-order valence-corrected chi connectivity index (χ3v) is 7.62. The van der Waals surface area contributed by atoms with Crippen LogP contribution < -0.4 is 10.0 Å². The largest absolute Gasteiger partial charge is 0.359 e. The molecular formula is C20H30N4O2S2. The first-order chi connectivity index (χ1) is 13.4. The van der Waals surface area contributed by atoms with Gasteiger partial charge in [0.25, 0.3) is 0 Å². The molecule has 28 heavy (non-hydrogen) atoms. The molecule has 0 amide bonds. The number of aryl methyl sites for hydroxylation is 2. The molecule has 2 aromatic heterocycles. The van der Waals surface area contributed by atoms with Gasteiger partial charge in [0.1, 0.15) is 5.69 Å². The van der Waals surface area contributed by atoms with Gasteiger partial charge in [-0.05, 0) is 64.0 Å². The molecule has 6 nitrogen and oxygen atoms in total. The Morgan fingerprint density at radius 1 is 1.14 bits per heavy atom. The minimum atomic E-state index is -3.10. The van der Waals surface area contributed by atoms with Crippen LogP contribution in [0.5, 0.6) is 0 Å². The number of sulfonamides is 1. The van der Waals surface area contributed by atoms with Crippen LogP contribution in [0.25, 0.3) is 11.4 Å². The van der Waals surface area contributed by atoms with Crippen LogP contribution in [-0.4, -0.2) is 36.7 Å². The average molecular weight is 423 g/mol. The zero-order valence-electron chi connectivity index (χ0n) is 16.9. The molecule has 2 N–H and O–H groups in total. The zero-order valence-corrected chi connectivity index (χ0v) is 18.5. The Balaban J connectivity index is 1.52. The zero-order chi connectivity index (χ0) is 20.1. The van der Waals surface area contributed by atoms with Gasteiger partial charge in [0, 0.05) is 23.2 Å². The normalized spacial score (nSPS) is 20.2. The molecule has 0 unspecified atom stereocenters. The molecule has 0 radical (unpaired) electrons. The molecule has 0 atom stereocenters. The maximum atomic E-state index is 11.8. The van der Waals surface area contributed by atoms with Crippen LogP contribution in [0.1, 0.15) is 49.6 Å². The monoisotopic (exact) mass is 422 g/mol.